The predicted octanol–water partition coefficient (Wildman–Crippen LogP) is 6.66. The van der Waals surface area contributed by atoms with E-state index >= 15 is 0 Å². The average molecular weight is 552 g/mol. The minimum absolute atomic E-state index is 0.00784. The summed E-state index contributed by atoms with van der Waals surface area (Å²) in [4.78, 5) is 29.2. The zero-order chi connectivity index (χ0) is 28.3. The van der Waals surface area contributed by atoms with Crippen LogP contribution >= 0.6 is 11.3 Å². The Morgan fingerprint density at radius 1 is 1.13 bits per heavy atom. The molecule has 1 aliphatic heterocycles. The van der Waals surface area contributed by atoms with Crippen LogP contribution in [0, 0.1) is 29.1 Å². The molecule has 0 spiro atoms. The third-order valence-electron chi connectivity index (χ3n) is 7.71. The summed E-state index contributed by atoms with van der Waals surface area (Å²) in [5, 5.41) is 16.2. The number of thiophene rings is 1. The molecular formula is C31H41N3O4S. The number of amides is 1. The van der Waals surface area contributed by atoms with Gasteiger partial charge in [-0.3, -0.25) is 9.80 Å². The van der Waals surface area contributed by atoms with E-state index in [9.17, 15) is 14.7 Å². The Hall–Kier alpha value is -3.05. The lowest BCUT2D eigenvalue weighted by molar-refractivity contribution is -0.124. The number of aromatic carboxylic acids is 1. The fourth-order valence-electron chi connectivity index (χ4n) is 5.40. The lowest BCUT2D eigenvalue weighted by atomic mass is 9.81. The van der Waals surface area contributed by atoms with Crippen molar-refractivity contribution in [3.63, 3.8) is 0 Å². The zero-order valence-electron chi connectivity index (χ0n) is 23.8. The van der Waals surface area contributed by atoms with Crippen molar-refractivity contribution in [3.05, 3.63) is 40.2 Å². The molecule has 39 heavy (non-hydrogen) atoms. The number of likely N-dealkylation sites (N-methyl/N-ethyl adjacent to an activating group) is 1. The van der Waals surface area contributed by atoms with Crippen molar-refractivity contribution in [1.29, 1.82) is 0 Å². The van der Waals surface area contributed by atoms with E-state index in [1.54, 1.807) is 5.01 Å². The monoisotopic (exact) mass is 551 g/mol. The van der Waals surface area contributed by atoms with Gasteiger partial charge in [-0.2, -0.15) is 0 Å². The number of carboxylic acids is 1. The van der Waals surface area contributed by atoms with Crippen molar-refractivity contribution in [1.82, 2.24) is 5.01 Å². The van der Waals surface area contributed by atoms with Crippen molar-refractivity contribution in [2.24, 2.45) is 22.4 Å². The van der Waals surface area contributed by atoms with Crippen LogP contribution < -0.4 is 4.90 Å². The number of anilines is 1. The van der Waals surface area contributed by atoms with Gasteiger partial charge in [-0.15, -0.1) is 16.4 Å². The van der Waals surface area contributed by atoms with Crippen LogP contribution in [0.2, 0.25) is 0 Å². The number of allylic oxidation sites excluding steroid dienone is 1. The van der Waals surface area contributed by atoms with Crippen LogP contribution in [0.4, 0.5) is 5.69 Å². The largest absolute Gasteiger partial charge is 0.477 e. The Labute approximate surface area is 236 Å². The molecule has 2 aliphatic carbocycles. The lowest BCUT2D eigenvalue weighted by Gasteiger charge is -2.39. The topological polar surface area (TPSA) is 82.4 Å². The number of hydrazone groups is 1. The van der Waals surface area contributed by atoms with Gasteiger partial charge < -0.3 is 14.7 Å². The summed E-state index contributed by atoms with van der Waals surface area (Å²) in [6.07, 6.45) is 10.4. The van der Waals surface area contributed by atoms with Crippen LogP contribution in [-0.4, -0.2) is 47.1 Å². The van der Waals surface area contributed by atoms with Crippen molar-refractivity contribution >= 4 is 34.8 Å². The van der Waals surface area contributed by atoms with E-state index in [2.05, 4.69) is 30.4 Å². The number of carboxylic acid groups (broad SMARTS) is 1. The summed E-state index contributed by atoms with van der Waals surface area (Å²) in [6, 6.07) is 1.74. The molecular weight excluding hydrogens is 510 g/mol. The fraction of sp³-hybridized carbons (Fsp3) is 0.581. The van der Waals surface area contributed by atoms with E-state index in [-0.39, 0.29) is 34.3 Å². The first-order chi connectivity index (χ1) is 18.4. The van der Waals surface area contributed by atoms with E-state index < -0.39 is 5.97 Å². The highest BCUT2D eigenvalue weighted by Gasteiger charge is 2.38. The first-order valence-corrected chi connectivity index (χ1v) is 14.8. The molecule has 1 aromatic heterocycles. The molecule has 210 valence electrons. The smallest absolute Gasteiger partial charge is 0.348 e. The summed E-state index contributed by atoms with van der Waals surface area (Å²) < 4.78 is 6.17. The van der Waals surface area contributed by atoms with Gasteiger partial charge in [-0.25, -0.2) is 4.79 Å². The zero-order valence-corrected chi connectivity index (χ0v) is 24.6. The summed E-state index contributed by atoms with van der Waals surface area (Å²) in [7, 11) is 1.84. The molecule has 8 heteroatoms. The van der Waals surface area contributed by atoms with Crippen molar-refractivity contribution in [2.45, 2.75) is 91.2 Å². The molecule has 0 saturated heterocycles. The van der Waals surface area contributed by atoms with Gasteiger partial charge in [0.15, 0.2) is 0 Å². The van der Waals surface area contributed by atoms with E-state index in [1.165, 1.54) is 0 Å². The van der Waals surface area contributed by atoms with Crippen LogP contribution in [0.15, 0.2) is 35.6 Å². The fourth-order valence-corrected chi connectivity index (χ4v) is 6.24. The van der Waals surface area contributed by atoms with E-state index in [0.717, 1.165) is 68.4 Å². The minimum atomic E-state index is -1.02. The van der Waals surface area contributed by atoms with Gasteiger partial charge in [0.25, 0.3) is 0 Å². The van der Waals surface area contributed by atoms with Gasteiger partial charge >= 0.3 is 5.97 Å². The van der Waals surface area contributed by atoms with Gasteiger partial charge in [0, 0.05) is 30.5 Å². The van der Waals surface area contributed by atoms with Gasteiger partial charge in [0.1, 0.15) is 11.0 Å². The van der Waals surface area contributed by atoms with Crippen LogP contribution in [0.25, 0.3) is 0 Å². The molecule has 0 atom stereocenters. The molecule has 0 radical (unpaired) electrons. The Bertz CT molecular complexity index is 1210. The molecule has 1 aromatic rings. The number of carbonyl (C=O) groups is 2. The number of ether oxygens (including phenoxy) is 1. The second-order valence-electron chi connectivity index (χ2n) is 12.1. The first-order valence-electron chi connectivity index (χ1n) is 14.0. The normalized spacial score (nSPS) is 25.4. The Balaban J connectivity index is 1.58. The maximum atomic E-state index is 14.1. The van der Waals surface area contributed by atoms with Crippen molar-refractivity contribution < 1.29 is 19.4 Å². The summed E-state index contributed by atoms with van der Waals surface area (Å²) >= 11 is 1.16. The summed E-state index contributed by atoms with van der Waals surface area (Å²) in [5.74, 6) is 6.51. The SMILES string of the molecule is C=C1C=CC(OC2CCC(N(C(=O)C3CCC(C)CC3)c3cc(C#CC(C)(C)C)sc3C(=O)O)CC2)=NN1C. The Kier molecular flexibility index (Phi) is 8.90. The maximum absolute atomic E-state index is 14.1. The van der Waals surface area contributed by atoms with Crippen LogP contribution in [-0.2, 0) is 9.53 Å². The number of hydrogen-bond acceptors (Lipinski definition) is 6. The minimum Gasteiger partial charge on any atom is -0.477 e. The van der Waals surface area contributed by atoms with E-state index in [0.29, 0.717) is 22.4 Å². The molecule has 0 unspecified atom stereocenters. The maximum Gasteiger partial charge on any atom is 0.348 e. The Morgan fingerprint density at radius 2 is 1.79 bits per heavy atom. The van der Waals surface area contributed by atoms with E-state index in [1.807, 2.05) is 50.9 Å². The van der Waals surface area contributed by atoms with E-state index in [4.69, 9.17) is 4.74 Å². The Morgan fingerprint density at radius 3 is 2.38 bits per heavy atom. The highest BCUT2D eigenvalue weighted by molar-refractivity contribution is 7.15. The number of hydrogen-bond donors (Lipinski definition) is 1. The number of carbonyl (C=O) groups excluding carboxylic acids is 1. The van der Waals surface area contributed by atoms with Gasteiger partial charge in [-0.1, -0.05) is 25.3 Å². The van der Waals surface area contributed by atoms with Crippen LogP contribution in [0.5, 0.6) is 0 Å². The highest BCUT2D eigenvalue weighted by Crippen LogP contribution is 2.39. The third kappa shape index (κ3) is 7.33. The van der Waals surface area contributed by atoms with Crippen molar-refractivity contribution in [3.8, 4) is 11.8 Å². The second-order valence-corrected chi connectivity index (χ2v) is 13.2. The molecule has 1 N–H and O–H groups in total. The van der Waals surface area contributed by atoms with Gasteiger partial charge in [0.2, 0.25) is 11.8 Å². The van der Waals surface area contributed by atoms with Crippen LogP contribution in [0.3, 0.4) is 0 Å². The molecule has 2 heterocycles. The quantitative estimate of drug-likeness (QED) is 0.414. The summed E-state index contributed by atoms with van der Waals surface area (Å²) in [6.45, 7) is 12.2. The molecule has 1 amide bonds. The average Bonchev–Trinajstić information content (AvgIpc) is 3.30. The second kappa shape index (κ2) is 12.0. The van der Waals surface area contributed by atoms with Crippen molar-refractivity contribution in [2.75, 3.05) is 11.9 Å². The molecule has 7 nitrogen and oxygen atoms in total. The molecule has 0 aromatic carbocycles. The van der Waals surface area contributed by atoms with Gasteiger partial charge in [0.05, 0.1) is 16.3 Å². The molecule has 2 saturated carbocycles. The first kappa shape index (κ1) is 28.9. The van der Waals surface area contributed by atoms with Gasteiger partial charge in [-0.05, 0) is 90.2 Å². The molecule has 3 aliphatic rings. The predicted molar refractivity (Wildman–Crippen MR) is 157 cm³/mol. The number of nitrogens with zero attached hydrogens (tertiary/aromatic N) is 3. The highest BCUT2D eigenvalue weighted by atomic mass is 32.1. The third-order valence-corrected chi connectivity index (χ3v) is 8.74. The van der Waals surface area contributed by atoms with Crippen LogP contribution in [0.1, 0.15) is 93.6 Å². The standard InChI is InChI=1S/C31H41N3O4S/c1-20-7-10-22(11-8-20)29(35)34(26-19-25(17-18-31(3,4)5)39-28(26)30(36)37)23-12-14-24(15-13-23)38-27-16-9-21(2)33(6)32-27/h9,16,19-20,22-24H,2,7-8,10-15H2,1,3-6H3,(H,36,37). The molecule has 0 bridgehead atoms. The summed E-state index contributed by atoms with van der Waals surface area (Å²) in [5.41, 5.74) is 1.09. The molecule has 4 rings (SSSR count). The number of rotatable bonds is 5. The lowest BCUT2D eigenvalue weighted by Crippen LogP contribution is -2.47. The molecule has 2 fully saturated rings.